The van der Waals surface area contributed by atoms with Gasteiger partial charge >= 0.3 is 0 Å². The van der Waals surface area contributed by atoms with Gasteiger partial charge in [0.15, 0.2) is 5.96 Å². The van der Waals surface area contributed by atoms with Crippen LogP contribution in [0.25, 0.3) is 0 Å². The van der Waals surface area contributed by atoms with Crippen molar-refractivity contribution < 1.29 is 4.42 Å². The van der Waals surface area contributed by atoms with Crippen LogP contribution in [0.1, 0.15) is 43.8 Å². The molecular formula is C18H29N7O. The second-order valence-corrected chi connectivity index (χ2v) is 6.50. The molecule has 1 unspecified atom stereocenters. The van der Waals surface area contributed by atoms with E-state index in [-0.39, 0.29) is 6.04 Å². The molecule has 0 saturated carbocycles. The van der Waals surface area contributed by atoms with Gasteiger partial charge in [-0.25, -0.2) is 9.98 Å². The highest BCUT2D eigenvalue weighted by Crippen LogP contribution is 2.24. The smallest absolute Gasteiger partial charge is 0.191 e. The van der Waals surface area contributed by atoms with Gasteiger partial charge in [0.25, 0.3) is 0 Å². The molecule has 8 heteroatoms. The van der Waals surface area contributed by atoms with Gasteiger partial charge in [0.1, 0.15) is 24.5 Å². The third-order valence-electron chi connectivity index (χ3n) is 4.69. The Kier molecular flexibility index (Phi) is 6.65. The van der Waals surface area contributed by atoms with Gasteiger partial charge in [-0.1, -0.05) is 6.42 Å². The first-order chi connectivity index (χ1) is 12.8. The van der Waals surface area contributed by atoms with Crippen LogP contribution in [0.3, 0.4) is 0 Å². The van der Waals surface area contributed by atoms with Gasteiger partial charge in [-0.15, -0.1) is 0 Å². The minimum absolute atomic E-state index is 0.212. The number of hydrogen-bond donors (Lipinski definition) is 2. The second-order valence-electron chi connectivity index (χ2n) is 6.50. The summed E-state index contributed by atoms with van der Waals surface area (Å²) in [5.41, 5.74) is 0. The van der Waals surface area contributed by atoms with Crippen LogP contribution in [0.2, 0.25) is 0 Å². The Labute approximate surface area is 154 Å². The van der Waals surface area contributed by atoms with E-state index in [1.165, 1.54) is 19.3 Å². The van der Waals surface area contributed by atoms with Crippen molar-refractivity contribution in [3.63, 3.8) is 0 Å². The summed E-state index contributed by atoms with van der Waals surface area (Å²) in [4.78, 5) is 11.4. The van der Waals surface area contributed by atoms with E-state index < -0.39 is 0 Å². The molecule has 1 aliphatic rings. The lowest BCUT2D eigenvalue weighted by Crippen LogP contribution is -2.44. The standard InChI is InChI=1S/C18H29N7O/c1-3-19-18(21-13-17-22-14-23-24(17)2)20-12-15(16-8-7-11-26-16)25-9-5-4-6-10-25/h7-8,11,14-15H,3-6,9-10,12-13H2,1-2H3,(H2,19,20,21). The average molecular weight is 359 g/mol. The number of guanidine groups is 1. The van der Waals surface area contributed by atoms with Crippen molar-refractivity contribution in [2.24, 2.45) is 12.0 Å². The third kappa shape index (κ3) is 4.85. The molecule has 3 heterocycles. The Morgan fingerprint density at radius 2 is 2.15 bits per heavy atom. The Bertz CT molecular complexity index is 674. The van der Waals surface area contributed by atoms with Crippen LogP contribution in [0.4, 0.5) is 0 Å². The van der Waals surface area contributed by atoms with Gasteiger partial charge in [-0.3, -0.25) is 9.58 Å². The molecule has 0 bridgehead atoms. The van der Waals surface area contributed by atoms with Crippen molar-refractivity contribution in [1.82, 2.24) is 30.3 Å². The molecule has 2 aromatic rings. The molecule has 26 heavy (non-hydrogen) atoms. The SMILES string of the molecule is CCNC(=NCc1ncnn1C)NCC(c1ccco1)N1CCCCC1. The lowest BCUT2D eigenvalue weighted by molar-refractivity contribution is 0.146. The molecule has 2 N–H and O–H groups in total. The van der Waals surface area contributed by atoms with Crippen LogP contribution >= 0.6 is 0 Å². The van der Waals surface area contributed by atoms with Crippen molar-refractivity contribution in [1.29, 1.82) is 0 Å². The molecule has 1 atom stereocenters. The van der Waals surface area contributed by atoms with E-state index in [1.807, 2.05) is 13.1 Å². The summed E-state index contributed by atoms with van der Waals surface area (Å²) in [7, 11) is 1.88. The zero-order chi connectivity index (χ0) is 18.2. The first kappa shape index (κ1) is 18.4. The molecule has 1 fully saturated rings. The predicted octanol–water partition coefficient (Wildman–Crippen LogP) is 1.69. The average Bonchev–Trinajstić information content (AvgIpc) is 3.33. The van der Waals surface area contributed by atoms with E-state index in [0.717, 1.165) is 43.7 Å². The first-order valence-electron chi connectivity index (χ1n) is 9.40. The summed E-state index contributed by atoms with van der Waals surface area (Å²) in [5.74, 6) is 2.62. The Morgan fingerprint density at radius 3 is 2.81 bits per heavy atom. The van der Waals surface area contributed by atoms with Crippen LogP contribution < -0.4 is 10.6 Å². The summed E-state index contributed by atoms with van der Waals surface area (Å²) >= 11 is 0. The van der Waals surface area contributed by atoms with Crippen LogP contribution in [-0.2, 0) is 13.6 Å². The van der Waals surface area contributed by atoms with Crippen molar-refractivity contribution >= 4 is 5.96 Å². The lowest BCUT2D eigenvalue weighted by Gasteiger charge is -2.33. The maximum atomic E-state index is 5.71. The van der Waals surface area contributed by atoms with Crippen LogP contribution in [0, 0.1) is 0 Å². The molecule has 0 amide bonds. The van der Waals surface area contributed by atoms with E-state index >= 15 is 0 Å². The number of rotatable bonds is 7. The quantitative estimate of drug-likeness (QED) is 0.578. The summed E-state index contributed by atoms with van der Waals surface area (Å²) < 4.78 is 7.45. The fraction of sp³-hybridized carbons (Fsp3) is 0.611. The molecule has 0 radical (unpaired) electrons. The molecule has 0 aliphatic carbocycles. The second kappa shape index (κ2) is 9.38. The molecule has 0 spiro atoms. The number of nitrogens with zero attached hydrogens (tertiary/aromatic N) is 5. The van der Waals surface area contributed by atoms with Gasteiger partial charge in [0.05, 0.1) is 12.3 Å². The molecule has 3 rings (SSSR count). The number of furan rings is 1. The zero-order valence-corrected chi connectivity index (χ0v) is 15.7. The molecule has 8 nitrogen and oxygen atoms in total. The van der Waals surface area contributed by atoms with Gasteiger partial charge in [0.2, 0.25) is 0 Å². The van der Waals surface area contributed by atoms with E-state index in [9.17, 15) is 0 Å². The summed E-state index contributed by atoms with van der Waals surface area (Å²) in [5, 5.41) is 10.9. The lowest BCUT2D eigenvalue weighted by atomic mass is 10.1. The first-order valence-corrected chi connectivity index (χ1v) is 9.40. The minimum atomic E-state index is 0.212. The zero-order valence-electron chi connectivity index (χ0n) is 15.7. The Balaban J connectivity index is 1.65. The van der Waals surface area contributed by atoms with Crippen molar-refractivity contribution in [2.45, 2.75) is 38.8 Å². The molecule has 1 aliphatic heterocycles. The van der Waals surface area contributed by atoms with Crippen LogP contribution in [-0.4, -0.2) is 51.8 Å². The molecule has 1 saturated heterocycles. The van der Waals surface area contributed by atoms with Crippen molar-refractivity contribution in [2.75, 3.05) is 26.2 Å². The van der Waals surface area contributed by atoms with E-state index in [2.05, 4.69) is 43.6 Å². The summed E-state index contributed by atoms with van der Waals surface area (Å²) in [6.45, 7) is 6.33. The van der Waals surface area contributed by atoms with Crippen molar-refractivity contribution in [3.05, 3.63) is 36.3 Å². The number of nitrogens with one attached hydrogen (secondary N) is 2. The van der Waals surface area contributed by atoms with Gasteiger partial charge < -0.3 is 15.1 Å². The molecule has 142 valence electrons. The summed E-state index contributed by atoms with van der Waals surface area (Å²) in [6.07, 6.45) is 7.11. The Morgan fingerprint density at radius 1 is 1.31 bits per heavy atom. The number of aryl methyl sites for hydroxylation is 1. The van der Waals surface area contributed by atoms with Gasteiger partial charge in [-0.2, -0.15) is 5.10 Å². The number of likely N-dealkylation sites (tertiary alicyclic amines) is 1. The third-order valence-corrected chi connectivity index (χ3v) is 4.69. The highest BCUT2D eigenvalue weighted by molar-refractivity contribution is 5.79. The topological polar surface area (TPSA) is 83.5 Å². The molecule has 0 aromatic carbocycles. The van der Waals surface area contributed by atoms with E-state index in [4.69, 9.17) is 4.42 Å². The van der Waals surface area contributed by atoms with E-state index in [1.54, 1.807) is 17.3 Å². The number of aromatic nitrogens is 3. The fourth-order valence-electron chi connectivity index (χ4n) is 3.27. The predicted molar refractivity (Wildman–Crippen MR) is 101 cm³/mol. The highest BCUT2D eigenvalue weighted by atomic mass is 16.3. The van der Waals surface area contributed by atoms with Gasteiger partial charge in [-0.05, 0) is 45.0 Å². The number of aliphatic imine (C=N–C) groups is 1. The van der Waals surface area contributed by atoms with Gasteiger partial charge in [0, 0.05) is 20.1 Å². The van der Waals surface area contributed by atoms with Crippen LogP contribution in [0.5, 0.6) is 0 Å². The number of hydrogen-bond acceptors (Lipinski definition) is 5. The minimum Gasteiger partial charge on any atom is -0.468 e. The monoisotopic (exact) mass is 359 g/mol. The van der Waals surface area contributed by atoms with Crippen LogP contribution in [0.15, 0.2) is 34.1 Å². The maximum absolute atomic E-state index is 5.71. The number of piperidine rings is 1. The largest absolute Gasteiger partial charge is 0.468 e. The van der Waals surface area contributed by atoms with Crippen molar-refractivity contribution in [3.8, 4) is 0 Å². The molecular weight excluding hydrogens is 330 g/mol. The maximum Gasteiger partial charge on any atom is 0.191 e. The fourth-order valence-corrected chi connectivity index (χ4v) is 3.27. The van der Waals surface area contributed by atoms with E-state index in [0.29, 0.717) is 6.54 Å². The summed E-state index contributed by atoms with van der Waals surface area (Å²) in [6, 6.07) is 4.23. The normalized spacial score (nSPS) is 17.2. The Hall–Kier alpha value is -2.35. The highest BCUT2D eigenvalue weighted by Gasteiger charge is 2.24. The molecule has 2 aromatic heterocycles.